The third kappa shape index (κ3) is 5.37. The lowest BCUT2D eigenvalue weighted by atomic mass is 10.1. The summed E-state index contributed by atoms with van der Waals surface area (Å²) in [6, 6.07) is 16.5. The van der Waals surface area contributed by atoms with E-state index in [2.05, 4.69) is 58.4 Å². The Labute approximate surface area is 196 Å². The number of likely N-dealkylation sites (N-methyl/N-ethyl adjacent to an activating group) is 1. The fraction of sp³-hybridized carbons (Fsp3) is 0.462. The topological polar surface area (TPSA) is 56.8 Å². The van der Waals surface area contributed by atoms with Gasteiger partial charge in [0.05, 0.1) is 11.0 Å². The molecule has 0 saturated carbocycles. The number of nitrogens with zero attached hydrogens (tertiary/aromatic N) is 5. The van der Waals surface area contributed by atoms with Gasteiger partial charge in [0, 0.05) is 45.8 Å². The van der Waals surface area contributed by atoms with Gasteiger partial charge < -0.3 is 24.8 Å². The summed E-state index contributed by atoms with van der Waals surface area (Å²) in [6.45, 7) is 6.90. The molecule has 0 radical (unpaired) electrons. The normalized spacial score (nSPS) is 18.5. The summed E-state index contributed by atoms with van der Waals surface area (Å²) < 4.78 is 6.20. The molecule has 174 valence electrons. The molecule has 0 bridgehead atoms. The molecule has 0 unspecified atom stereocenters. The number of hydrogen-bond donors (Lipinski definition) is 1. The predicted molar refractivity (Wildman–Crippen MR) is 134 cm³/mol. The lowest BCUT2D eigenvalue weighted by Crippen LogP contribution is -2.45. The zero-order valence-corrected chi connectivity index (χ0v) is 19.7. The van der Waals surface area contributed by atoms with Gasteiger partial charge in [0.25, 0.3) is 0 Å². The molecule has 2 saturated heterocycles. The zero-order chi connectivity index (χ0) is 22.6. The van der Waals surface area contributed by atoms with Crippen molar-refractivity contribution in [3.63, 3.8) is 0 Å². The van der Waals surface area contributed by atoms with Crippen LogP contribution in [0.25, 0.3) is 11.0 Å². The van der Waals surface area contributed by atoms with Crippen molar-refractivity contribution in [2.75, 3.05) is 63.6 Å². The molecule has 0 amide bonds. The van der Waals surface area contributed by atoms with Gasteiger partial charge in [0.1, 0.15) is 11.9 Å². The fourth-order valence-electron chi connectivity index (χ4n) is 4.51. The molecule has 2 fully saturated rings. The number of hydrogen-bond acceptors (Lipinski definition) is 7. The molecule has 33 heavy (non-hydrogen) atoms. The van der Waals surface area contributed by atoms with E-state index in [0.717, 1.165) is 80.5 Å². The van der Waals surface area contributed by atoms with Crippen molar-refractivity contribution in [1.29, 1.82) is 0 Å². The van der Waals surface area contributed by atoms with E-state index in [-0.39, 0.29) is 0 Å². The SMILES string of the molecule is CN1CCC(Oc2ccc(CNc3nc4ccccc4nc3N3CCN(C)CC3)cc2)CC1. The molecule has 2 aliphatic rings. The lowest BCUT2D eigenvalue weighted by Gasteiger charge is -2.34. The van der Waals surface area contributed by atoms with E-state index in [1.807, 2.05) is 24.3 Å². The number of benzene rings is 2. The van der Waals surface area contributed by atoms with E-state index in [0.29, 0.717) is 12.6 Å². The van der Waals surface area contributed by atoms with Crippen molar-refractivity contribution in [2.24, 2.45) is 0 Å². The van der Waals surface area contributed by atoms with Crippen LogP contribution in [-0.4, -0.2) is 79.2 Å². The van der Waals surface area contributed by atoms with E-state index in [1.54, 1.807) is 0 Å². The number of ether oxygens (including phenoxy) is 1. The number of piperazine rings is 1. The molecule has 1 aromatic heterocycles. The van der Waals surface area contributed by atoms with E-state index < -0.39 is 0 Å². The molecule has 3 heterocycles. The van der Waals surface area contributed by atoms with Crippen LogP contribution in [0.15, 0.2) is 48.5 Å². The van der Waals surface area contributed by atoms with Crippen molar-refractivity contribution in [3.05, 3.63) is 54.1 Å². The number of anilines is 2. The smallest absolute Gasteiger partial charge is 0.172 e. The second kappa shape index (κ2) is 9.93. The largest absolute Gasteiger partial charge is 0.490 e. The van der Waals surface area contributed by atoms with Crippen LogP contribution in [-0.2, 0) is 6.54 Å². The third-order valence-electron chi connectivity index (χ3n) is 6.71. The first-order valence-corrected chi connectivity index (χ1v) is 12.0. The van der Waals surface area contributed by atoms with Crippen LogP contribution < -0.4 is 15.0 Å². The van der Waals surface area contributed by atoms with Crippen LogP contribution in [0, 0.1) is 0 Å². The highest BCUT2D eigenvalue weighted by atomic mass is 16.5. The lowest BCUT2D eigenvalue weighted by molar-refractivity contribution is 0.114. The van der Waals surface area contributed by atoms with Gasteiger partial charge in [0.2, 0.25) is 0 Å². The van der Waals surface area contributed by atoms with E-state index in [1.165, 1.54) is 5.56 Å². The van der Waals surface area contributed by atoms with Gasteiger partial charge in [-0.2, -0.15) is 0 Å². The molecular weight excluding hydrogens is 412 g/mol. The number of rotatable bonds is 6. The first kappa shape index (κ1) is 21.9. The van der Waals surface area contributed by atoms with Crippen LogP contribution in [0.5, 0.6) is 5.75 Å². The van der Waals surface area contributed by atoms with E-state index >= 15 is 0 Å². The molecule has 0 atom stereocenters. The number of nitrogens with one attached hydrogen (secondary N) is 1. The van der Waals surface area contributed by atoms with Gasteiger partial charge in [-0.15, -0.1) is 0 Å². The van der Waals surface area contributed by atoms with Crippen molar-refractivity contribution in [2.45, 2.75) is 25.5 Å². The second-order valence-electron chi connectivity index (χ2n) is 9.29. The second-order valence-corrected chi connectivity index (χ2v) is 9.29. The predicted octanol–water partition coefficient (Wildman–Crippen LogP) is 3.47. The number of likely N-dealkylation sites (tertiary alicyclic amines) is 1. The maximum absolute atomic E-state index is 6.20. The van der Waals surface area contributed by atoms with Gasteiger partial charge in [-0.1, -0.05) is 24.3 Å². The van der Waals surface area contributed by atoms with E-state index in [4.69, 9.17) is 14.7 Å². The summed E-state index contributed by atoms with van der Waals surface area (Å²) in [4.78, 5) is 17.0. The summed E-state index contributed by atoms with van der Waals surface area (Å²) in [7, 11) is 4.34. The molecular formula is C26H34N6O. The Morgan fingerprint density at radius 2 is 1.45 bits per heavy atom. The molecule has 7 heteroatoms. The van der Waals surface area contributed by atoms with Crippen molar-refractivity contribution < 1.29 is 4.74 Å². The summed E-state index contributed by atoms with van der Waals surface area (Å²) in [5.74, 6) is 2.76. The number of aromatic nitrogens is 2. The zero-order valence-electron chi connectivity index (χ0n) is 19.7. The van der Waals surface area contributed by atoms with Crippen LogP contribution in [0.4, 0.5) is 11.6 Å². The Bertz CT molecular complexity index is 1060. The van der Waals surface area contributed by atoms with Crippen molar-refractivity contribution >= 4 is 22.7 Å². The minimum absolute atomic E-state index is 0.323. The molecule has 0 spiro atoms. The van der Waals surface area contributed by atoms with Gasteiger partial charge in [-0.25, -0.2) is 9.97 Å². The molecule has 3 aromatic rings. The summed E-state index contributed by atoms with van der Waals surface area (Å²) >= 11 is 0. The highest BCUT2D eigenvalue weighted by Gasteiger charge is 2.21. The molecule has 5 rings (SSSR count). The molecule has 0 aliphatic carbocycles. The summed E-state index contributed by atoms with van der Waals surface area (Å²) in [5.41, 5.74) is 3.05. The third-order valence-corrected chi connectivity index (χ3v) is 6.71. The monoisotopic (exact) mass is 446 g/mol. The van der Waals surface area contributed by atoms with Crippen LogP contribution in [0.2, 0.25) is 0 Å². The Hall–Kier alpha value is -2.90. The van der Waals surface area contributed by atoms with Crippen molar-refractivity contribution in [3.8, 4) is 5.75 Å². The Balaban J connectivity index is 1.28. The fourth-order valence-corrected chi connectivity index (χ4v) is 4.51. The molecule has 2 aliphatic heterocycles. The Kier molecular flexibility index (Phi) is 6.60. The highest BCUT2D eigenvalue weighted by Crippen LogP contribution is 2.27. The molecule has 2 aromatic carbocycles. The van der Waals surface area contributed by atoms with Crippen molar-refractivity contribution in [1.82, 2.24) is 19.8 Å². The molecule has 1 N–H and O–H groups in total. The molecule has 7 nitrogen and oxygen atoms in total. The number of piperidine rings is 1. The minimum atomic E-state index is 0.323. The maximum Gasteiger partial charge on any atom is 0.172 e. The maximum atomic E-state index is 6.20. The first-order valence-electron chi connectivity index (χ1n) is 12.0. The van der Waals surface area contributed by atoms with Crippen LogP contribution >= 0.6 is 0 Å². The Morgan fingerprint density at radius 1 is 0.818 bits per heavy atom. The van der Waals surface area contributed by atoms with Gasteiger partial charge in [0.15, 0.2) is 11.6 Å². The number of fused-ring (bicyclic) bond motifs is 1. The average molecular weight is 447 g/mol. The van der Waals surface area contributed by atoms with Crippen LogP contribution in [0.1, 0.15) is 18.4 Å². The average Bonchev–Trinajstić information content (AvgIpc) is 2.85. The van der Waals surface area contributed by atoms with E-state index in [9.17, 15) is 0 Å². The van der Waals surface area contributed by atoms with Crippen LogP contribution in [0.3, 0.4) is 0 Å². The highest BCUT2D eigenvalue weighted by molar-refractivity contribution is 5.80. The summed E-state index contributed by atoms with van der Waals surface area (Å²) in [6.07, 6.45) is 2.51. The van der Waals surface area contributed by atoms with Gasteiger partial charge in [-0.3, -0.25) is 0 Å². The minimum Gasteiger partial charge on any atom is -0.490 e. The quantitative estimate of drug-likeness (QED) is 0.622. The van der Waals surface area contributed by atoms with Gasteiger partial charge >= 0.3 is 0 Å². The summed E-state index contributed by atoms with van der Waals surface area (Å²) in [5, 5.41) is 3.56. The Morgan fingerprint density at radius 3 is 2.15 bits per heavy atom. The number of para-hydroxylation sites is 2. The standard InChI is InChI=1S/C26H34N6O/c1-30-13-11-22(12-14-30)33-21-9-7-20(8-10-21)19-27-25-26(32-17-15-31(2)16-18-32)29-24-6-4-3-5-23(24)28-25/h3-10,22H,11-19H2,1-2H3,(H,27,28). The van der Waals surface area contributed by atoms with Gasteiger partial charge in [-0.05, 0) is 56.8 Å². The first-order chi connectivity index (χ1) is 16.1.